The highest BCUT2D eigenvalue weighted by Gasteiger charge is 2.39. The number of hydrogen-bond acceptors (Lipinski definition) is 4. The highest BCUT2D eigenvalue weighted by molar-refractivity contribution is 7.90. The van der Waals surface area contributed by atoms with Crippen LogP contribution >= 0.6 is 0 Å². The van der Waals surface area contributed by atoms with Gasteiger partial charge in [0.05, 0.1) is 0 Å². The van der Waals surface area contributed by atoms with Crippen molar-refractivity contribution in [3.63, 3.8) is 0 Å². The van der Waals surface area contributed by atoms with Gasteiger partial charge in [-0.15, -0.1) is 0 Å². The number of hydrogen-bond donors (Lipinski definition) is 3. The van der Waals surface area contributed by atoms with Crippen molar-refractivity contribution < 1.29 is 18.3 Å². The summed E-state index contributed by atoms with van der Waals surface area (Å²) >= 11 is 0. The summed E-state index contributed by atoms with van der Waals surface area (Å²) in [7, 11) is -3.79. The van der Waals surface area contributed by atoms with Gasteiger partial charge < -0.3 is 10.4 Å². The number of carboxylic acid groups (broad SMARTS) is 1. The van der Waals surface area contributed by atoms with Crippen LogP contribution in [-0.2, 0) is 14.8 Å². The third-order valence-corrected chi connectivity index (χ3v) is 6.38. The minimum absolute atomic E-state index is 0.0517. The average molecular weight is 304 g/mol. The molecule has 2 aliphatic rings. The van der Waals surface area contributed by atoms with E-state index in [-0.39, 0.29) is 11.6 Å². The first-order valence-corrected chi connectivity index (χ1v) is 8.88. The lowest BCUT2D eigenvalue weighted by molar-refractivity contribution is -0.136. The molecule has 0 amide bonds. The molecule has 2 unspecified atom stereocenters. The molecule has 2 atom stereocenters. The number of nitrogens with one attached hydrogen (secondary N) is 2. The Labute approximate surface area is 120 Å². The van der Waals surface area contributed by atoms with E-state index in [1.54, 1.807) is 0 Å². The molecule has 2 rings (SSSR count). The Morgan fingerprint density at radius 3 is 2.60 bits per heavy atom. The summed E-state index contributed by atoms with van der Waals surface area (Å²) in [5.41, 5.74) is 0.0517. The van der Waals surface area contributed by atoms with Crippen molar-refractivity contribution in [2.24, 2.45) is 0 Å². The molecular weight excluding hydrogens is 280 g/mol. The molecule has 0 bridgehead atoms. The summed E-state index contributed by atoms with van der Waals surface area (Å²) in [4.78, 5) is 10.9. The van der Waals surface area contributed by atoms with E-state index in [0.717, 1.165) is 25.8 Å². The second-order valence-electron chi connectivity index (χ2n) is 6.10. The van der Waals surface area contributed by atoms with Crippen molar-refractivity contribution >= 4 is 16.0 Å². The molecule has 1 spiro atoms. The highest BCUT2D eigenvalue weighted by atomic mass is 32.2. The molecule has 1 aliphatic heterocycles. The first kappa shape index (κ1) is 15.7. The van der Waals surface area contributed by atoms with Gasteiger partial charge in [-0.2, -0.15) is 0 Å². The Kier molecular flexibility index (Phi) is 4.71. The molecule has 116 valence electrons. The van der Waals surface area contributed by atoms with Gasteiger partial charge in [0.2, 0.25) is 10.0 Å². The Morgan fingerprint density at radius 2 is 2.00 bits per heavy atom. The van der Waals surface area contributed by atoms with Crippen molar-refractivity contribution in [3.8, 4) is 0 Å². The van der Waals surface area contributed by atoms with Crippen LogP contribution in [0.3, 0.4) is 0 Å². The zero-order valence-corrected chi connectivity index (χ0v) is 12.7. The van der Waals surface area contributed by atoms with Gasteiger partial charge in [0.1, 0.15) is 0 Å². The topological polar surface area (TPSA) is 95.5 Å². The first-order valence-electron chi connectivity index (χ1n) is 7.34. The van der Waals surface area contributed by atoms with Crippen LogP contribution in [0, 0.1) is 0 Å². The first-order chi connectivity index (χ1) is 9.35. The van der Waals surface area contributed by atoms with Crippen LogP contribution < -0.4 is 10.0 Å². The molecule has 0 aromatic heterocycles. The third kappa shape index (κ3) is 3.51. The lowest BCUT2D eigenvalue weighted by Crippen LogP contribution is -2.57. The monoisotopic (exact) mass is 304 g/mol. The van der Waals surface area contributed by atoms with Gasteiger partial charge in [-0.3, -0.25) is 4.79 Å². The van der Waals surface area contributed by atoms with Crippen LogP contribution in [0.25, 0.3) is 0 Å². The maximum atomic E-state index is 12.0. The van der Waals surface area contributed by atoms with Crippen molar-refractivity contribution in [1.82, 2.24) is 10.0 Å². The van der Waals surface area contributed by atoms with Crippen molar-refractivity contribution in [1.29, 1.82) is 0 Å². The molecule has 7 heteroatoms. The molecule has 6 nitrogen and oxygen atoms in total. The Hall–Kier alpha value is -0.660. The minimum Gasteiger partial charge on any atom is -0.480 e. The molecule has 1 heterocycles. The number of carbonyl (C=O) groups is 1. The Morgan fingerprint density at radius 1 is 1.35 bits per heavy atom. The fourth-order valence-corrected chi connectivity index (χ4v) is 4.47. The standard InChI is InChI=1S/C13H24N2O4S/c1-10(12(16)17)20(18,19)15-11-5-8-14-13(9-11)6-3-2-4-7-13/h10-11,14-15H,2-9H2,1H3,(H,16,17). The van der Waals surface area contributed by atoms with E-state index < -0.39 is 21.2 Å². The Balaban J connectivity index is 2.01. The van der Waals surface area contributed by atoms with Crippen LogP contribution in [-0.4, -0.2) is 42.9 Å². The van der Waals surface area contributed by atoms with Gasteiger partial charge in [0.25, 0.3) is 0 Å². The molecular formula is C13H24N2O4S. The summed E-state index contributed by atoms with van der Waals surface area (Å²) in [6.45, 7) is 2.00. The molecule has 0 aromatic rings. The SMILES string of the molecule is CC(C(=O)O)S(=O)(=O)NC1CCNC2(CCCCC2)C1. The number of rotatable bonds is 4. The smallest absolute Gasteiger partial charge is 0.323 e. The molecule has 20 heavy (non-hydrogen) atoms. The van der Waals surface area contributed by atoms with Gasteiger partial charge in [0, 0.05) is 11.6 Å². The van der Waals surface area contributed by atoms with E-state index >= 15 is 0 Å². The number of piperidine rings is 1. The molecule has 1 saturated heterocycles. The summed E-state index contributed by atoms with van der Waals surface area (Å²) in [5.74, 6) is -1.31. The van der Waals surface area contributed by atoms with E-state index in [2.05, 4.69) is 10.0 Å². The molecule has 2 fully saturated rings. The lowest BCUT2D eigenvalue weighted by atomic mass is 9.75. The highest BCUT2D eigenvalue weighted by Crippen LogP contribution is 2.34. The van der Waals surface area contributed by atoms with Crippen molar-refractivity contribution in [3.05, 3.63) is 0 Å². The molecule has 1 aliphatic carbocycles. The lowest BCUT2D eigenvalue weighted by Gasteiger charge is -2.44. The van der Waals surface area contributed by atoms with Crippen LogP contribution in [0.1, 0.15) is 51.9 Å². The predicted octanol–water partition coefficient (Wildman–Crippen LogP) is 0.834. The summed E-state index contributed by atoms with van der Waals surface area (Å²) in [6.07, 6.45) is 7.25. The van der Waals surface area contributed by atoms with E-state index in [0.29, 0.717) is 6.42 Å². The third-order valence-electron chi connectivity index (χ3n) is 4.58. The van der Waals surface area contributed by atoms with Gasteiger partial charge in [-0.1, -0.05) is 19.3 Å². The van der Waals surface area contributed by atoms with Crippen molar-refractivity contribution in [2.45, 2.75) is 68.7 Å². The molecule has 0 aromatic carbocycles. The normalized spacial score (nSPS) is 28.1. The zero-order chi connectivity index (χ0) is 14.8. The minimum atomic E-state index is -3.79. The van der Waals surface area contributed by atoms with E-state index in [9.17, 15) is 13.2 Å². The number of sulfonamides is 1. The van der Waals surface area contributed by atoms with Crippen molar-refractivity contribution in [2.75, 3.05) is 6.54 Å². The van der Waals surface area contributed by atoms with E-state index in [1.807, 2.05) is 0 Å². The predicted molar refractivity (Wildman–Crippen MR) is 76.0 cm³/mol. The van der Waals surface area contributed by atoms with Crippen LogP contribution in [0.4, 0.5) is 0 Å². The summed E-state index contributed by atoms with van der Waals surface area (Å²) < 4.78 is 26.6. The van der Waals surface area contributed by atoms with Crippen LogP contribution in [0.2, 0.25) is 0 Å². The van der Waals surface area contributed by atoms with E-state index in [4.69, 9.17) is 5.11 Å². The van der Waals surface area contributed by atoms with Crippen LogP contribution in [0.5, 0.6) is 0 Å². The average Bonchev–Trinajstić information content (AvgIpc) is 2.38. The van der Waals surface area contributed by atoms with Gasteiger partial charge in [-0.25, -0.2) is 13.1 Å². The van der Waals surface area contributed by atoms with Gasteiger partial charge >= 0.3 is 5.97 Å². The van der Waals surface area contributed by atoms with Gasteiger partial charge in [-0.05, 0) is 39.2 Å². The molecule has 3 N–H and O–H groups in total. The fraction of sp³-hybridized carbons (Fsp3) is 0.923. The fourth-order valence-electron chi connectivity index (χ4n) is 3.33. The maximum Gasteiger partial charge on any atom is 0.323 e. The second-order valence-corrected chi connectivity index (χ2v) is 8.13. The summed E-state index contributed by atoms with van der Waals surface area (Å²) in [5, 5.41) is 11.0. The molecule has 1 saturated carbocycles. The maximum absolute atomic E-state index is 12.0. The second kappa shape index (κ2) is 5.99. The Bertz CT molecular complexity index is 451. The number of aliphatic carboxylic acids is 1. The molecule has 0 radical (unpaired) electrons. The van der Waals surface area contributed by atoms with Crippen LogP contribution in [0.15, 0.2) is 0 Å². The quantitative estimate of drug-likeness (QED) is 0.715. The zero-order valence-electron chi connectivity index (χ0n) is 11.9. The van der Waals surface area contributed by atoms with E-state index in [1.165, 1.54) is 26.2 Å². The number of carboxylic acids is 1. The largest absolute Gasteiger partial charge is 0.480 e. The van der Waals surface area contributed by atoms with Gasteiger partial charge in [0.15, 0.2) is 5.25 Å². The summed E-state index contributed by atoms with van der Waals surface area (Å²) in [6, 6.07) is -0.152.